The maximum Gasteiger partial charge on any atom is 0.417 e. The second-order valence-corrected chi connectivity index (χ2v) is 8.38. The summed E-state index contributed by atoms with van der Waals surface area (Å²) in [7, 11) is -4.25. The van der Waals surface area contributed by atoms with Crippen LogP contribution in [0.15, 0.2) is 35.6 Å². The average molecular weight is 483 g/mol. The minimum Gasteiger partial charge on any atom is -0.344 e. The van der Waals surface area contributed by atoms with Gasteiger partial charge in [-0.3, -0.25) is 4.79 Å². The molecule has 1 atom stereocenters. The smallest absolute Gasteiger partial charge is 0.344 e. The Labute approximate surface area is 177 Å². The zero-order chi connectivity index (χ0) is 23.9. The third-order valence-corrected chi connectivity index (χ3v) is 5.43. The Morgan fingerprint density at radius 3 is 2.44 bits per heavy atom. The highest BCUT2D eigenvalue weighted by atomic mass is 32.2. The number of halogens is 6. The molecule has 15 heteroatoms. The van der Waals surface area contributed by atoms with E-state index in [-0.39, 0.29) is 25.1 Å². The van der Waals surface area contributed by atoms with Crippen LogP contribution in [0.2, 0.25) is 0 Å². The Morgan fingerprint density at radius 1 is 1.16 bits per heavy atom. The lowest BCUT2D eigenvalue weighted by molar-refractivity contribution is -0.146. The molecule has 0 aliphatic carbocycles. The summed E-state index contributed by atoms with van der Waals surface area (Å²) in [6.07, 6.45) is -8.49. The number of anilines is 2. The van der Waals surface area contributed by atoms with Crippen LogP contribution in [-0.4, -0.2) is 43.1 Å². The van der Waals surface area contributed by atoms with Gasteiger partial charge in [0.05, 0.1) is 11.1 Å². The molecule has 0 radical (unpaired) electrons. The van der Waals surface area contributed by atoms with E-state index >= 15 is 0 Å². The number of nitrogens with two attached hydrogens (primary N) is 1. The third-order valence-electron chi connectivity index (χ3n) is 4.63. The summed E-state index contributed by atoms with van der Waals surface area (Å²) in [5, 5.41) is 6.47. The van der Waals surface area contributed by atoms with Crippen molar-refractivity contribution in [1.82, 2.24) is 9.97 Å². The molecule has 1 aliphatic heterocycles. The zero-order valence-electron chi connectivity index (χ0n) is 15.9. The van der Waals surface area contributed by atoms with Crippen molar-refractivity contribution in [1.29, 1.82) is 0 Å². The lowest BCUT2D eigenvalue weighted by Gasteiger charge is -2.29. The van der Waals surface area contributed by atoms with E-state index in [4.69, 9.17) is 5.14 Å². The highest BCUT2D eigenvalue weighted by Gasteiger charge is 2.47. The summed E-state index contributed by atoms with van der Waals surface area (Å²) in [6, 6.07) is 0.350. The van der Waals surface area contributed by atoms with Crippen molar-refractivity contribution in [3.05, 3.63) is 41.7 Å². The van der Waals surface area contributed by atoms with Gasteiger partial charge in [-0.1, -0.05) is 0 Å². The maximum atomic E-state index is 13.4. The fraction of sp³-hybridized carbons (Fsp3) is 0.353. The van der Waals surface area contributed by atoms with Crippen LogP contribution in [0.3, 0.4) is 0 Å². The van der Waals surface area contributed by atoms with E-state index in [1.165, 1.54) is 0 Å². The molecule has 0 bridgehead atoms. The van der Waals surface area contributed by atoms with Crippen LogP contribution in [0.5, 0.6) is 0 Å². The molecule has 3 heterocycles. The van der Waals surface area contributed by atoms with Crippen LogP contribution in [0.1, 0.15) is 28.8 Å². The van der Waals surface area contributed by atoms with E-state index in [1.807, 2.05) is 0 Å². The number of alkyl halides is 6. The molecule has 1 amide bonds. The zero-order valence-corrected chi connectivity index (χ0v) is 16.7. The monoisotopic (exact) mass is 483 g/mol. The summed E-state index contributed by atoms with van der Waals surface area (Å²) in [4.78, 5) is 20.5. The van der Waals surface area contributed by atoms with Gasteiger partial charge in [0.1, 0.15) is 11.9 Å². The number of amides is 1. The number of aromatic nitrogens is 2. The first kappa shape index (κ1) is 23.7. The molecule has 0 saturated carbocycles. The number of nitrogens with one attached hydrogen (secondary N) is 1. The van der Waals surface area contributed by atoms with Gasteiger partial charge in [-0.2, -0.15) is 26.3 Å². The van der Waals surface area contributed by atoms with E-state index in [9.17, 15) is 39.6 Å². The summed E-state index contributed by atoms with van der Waals surface area (Å²) in [5.74, 6) is -1.80. The van der Waals surface area contributed by atoms with E-state index in [1.54, 1.807) is 0 Å². The van der Waals surface area contributed by atoms with E-state index < -0.39 is 56.3 Å². The van der Waals surface area contributed by atoms with Gasteiger partial charge in [0, 0.05) is 30.7 Å². The molecule has 2 aromatic heterocycles. The summed E-state index contributed by atoms with van der Waals surface area (Å²) in [5.41, 5.74) is -2.30. The van der Waals surface area contributed by atoms with Crippen molar-refractivity contribution in [2.75, 3.05) is 16.8 Å². The normalized spacial score (nSPS) is 17.5. The van der Waals surface area contributed by atoms with Crippen molar-refractivity contribution in [3.63, 3.8) is 0 Å². The molecule has 1 aliphatic rings. The van der Waals surface area contributed by atoms with E-state index in [0.717, 1.165) is 23.2 Å². The van der Waals surface area contributed by atoms with Crippen molar-refractivity contribution in [2.24, 2.45) is 5.14 Å². The molecule has 3 N–H and O–H groups in total. The van der Waals surface area contributed by atoms with Crippen LogP contribution in [0.4, 0.5) is 37.8 Å². The van der Waals surface area contributed by atoms with E-state index in [2.05, 4.69) is 15.3 Å². The summed E-state index contributed by atoms with van der Waals surface area (Å²) in [6.45, 7) is -0.173. The van der Waals surface area contributed by atoms with Gasteiger partial charge in [-0.15, -0.1) is 0 Å². The number of pyridine rings is 2. The minimum atomic E-state index is -4.91. The standard InChI is InChI=1S/C17H15F6N5O3S/c18-16(19,20)9-6-11(14(26-8-9)28-5-1-2-12(28)17(21,22)23)15(29)27-10-3-4-25-13(7-10)32(24,30)31/h3-4,6-8,12H,1-2,5H2,(H2,24,30,31)(H,25,27,29)/t12-/m1/s1. The van der Waals surface area contributed by atoms with Gasteiger partial charge in [0.25, 0.3) is 15.9 Å². The van der Waals surface area contributed by atoms with Gasteiger partial charge in [-0.05, 0) is 25.0 Å². The van der Waals surface area contributed by atoms with Gasteiger partial charge < -0.3 is 10.2 Å². The van der Waals surface area contributed by atoms with Crippen LogP contribution >= 0.6 is 0 Å². The number of primary sulfonamides is 1. The second-order valence-electron chi connectivity index (χ2n) is 6.87. The molecule has 32 heavy (non-hydrogen) atoms. The van der Waals surface area contributed by atoms with Gasteiger partial charge >= 0.3 is 12.4 Å². The molecule has 1 saturated heterocycles. The first-order valence-corrected chi connectivity index (χ1v) is 10.4. The van der Waals surface area contributed by atoms with Crippen molar-refractivity contribution in [3.8, 4) is 0 Å². The Bertz CT molecular complexity index is 1140. The molecule has 0 unspecified atom stereocenters. The molecule has 0 aromatic carbocycles. The molecule has 0 spiro atoms. The van der Waals surface area contributed by atoms with Gasteiger partial charge in [-0.25, -0.2) is 23.5 Å². The van der Waals surface area contributed by atoms with Crippen LogP contribution < -0.4 is 15.4 Å². The highest BCUT2D eigenvalue weighted by Crippen LogP contribution is 2.38. The van der Waals surface area contributed by atoms with Crippen molar-refractivity contribution < 1.29 is 39.6 Å². The molecule has 174 valence electrons. The lowest BCUT2D eigenvalue weighted by Crippen LogP contribution is -2.42. The number of sulfonamides is 1. The quantitative estimate of drug-likeness (QED) is 0.646. The Morgan fingerprint density at radius 2 is 1.84 bits per heavy atom. The number of carbonyl (C=O) groups is 1. The first-order chi connectivity index (χ1) is 14.7. The van der Waals surface area contributed by atoms with Crippen LogP contribution in [0.25, 0.3) is 0 Å². The topological polar surface area (TPSA) is 118 Å². The van der Waals surface area contributed by atoms with Crippen LogP contribution in [-0.2, 0) is 16.2 Å². The van der Waals surface area contributed by atoms with E-state index in [0.29, 0.717) is 12.3 Å². The molecular weight excluding hydrogens is 468 g/mol. The second kappa shape index (κ2) is 8.20. The lowest BCUT2D eigenvalue weighted by atomic mass is 10.1. The summed E-state index contributed by atoms with van der Waals surface area (Å²) >= 11 is 0. The van der Waals surface area contributed by atoms with Crippen molar-refractivity contribution in [2.45, 2.75) is 36.3 Å². The predicted octanol–water partition coefficient (Wildman–Crippen LogP) is 2.93. The number of hydrogen-bond donors (Lipinski definition) is 2. The Balaban J connectivity index is 2.04. The Kier molecular flexibility index (Phi) is 6.08. The third kappa shape index (κ3) is 5.09. The number of nitrogens with zero attached hydrogens (tertiary/aromatic N) is 3. The molecule has 1 fully saturated rings. The first-order valence-electron chi connectivity index (χ1n) is 8.89. The fourth-order valence-corrected chi connectivity index (χ4v) is 3.71. The number of carbonyl (C=O) groups excluding carboxylic acids is 1. The minimum absolute atomic E-state index is 0.0933. The number of hydrogen-bond acceptors (Lipinski definition) is 6. The average Bonchev–Trinajstić information content (AvgIpc) is 3.16. The van der Waals surface area contributed by atoms with Crippen molar-refractivity contribution >= 4 is 27.4 Å². The molecule has 3 rings (SSSR count). The Hall–Kier alpha value is -2.94. The highest BCUT2D eigenvalue weighted by molar-refractivity contribution is 7.89. The predicted molar refractivity (Wildman–Crippen MR) is 99.2 cm³/mol. The number of rotatable bonds is 4. The SMILES string of the molecule is NS(=O)(=O)c1cc(NC(=O)c2cc(C(F)(F)F)cnc2N2CCC[C@@H]2C(F)(F)F)ccn1. The van der Waals surface area contributed by atoms with Crippen LogP contribution in [0, 0.1) is 0 Å². The fourth-order valence-electron chi connectivity index (χ4n) is 3.21. The maximum absolute atomic E-state index is 13.4. The molecule has 8 nitrogen and oxygen atoms in total. The van der Waals surface area contributed by atoms with Gasteiger partial charge in [0.2, 0.25) is 0 Å². The molecule has 2 aromatic rings. The summed E-state index contributed by atoms with van der Waals surface area (Å²) < 4.78 is 102. The van der Waals surface area contributed by atoms with Gasteiger partial charge in [0.15, 0.2) is 5.03 Å². The largest absolute Gasteiger partial charge is 0.417 e. The molecular formula is C17H15F6N5O3S.